The summed E-state index contributed by atoms with van der Waals surface area (Å²) in [7, 11) is 0. The lowest BCUT2D eigenvalue weighted by Gasteiger charge is -2.29. The van der Waals surface area contributed by atoms with Crippen molar-refractivity contribution in [1.29, 1.82) is 0 Å². The first kappa shape index (κ1) is 16.7. The van der Waals surface area contributed by atoms with Gasteiger partial charge >= 0.3 is 0 Å². The minimum absolute atomic E-state index is 0.265. The molecule has 1 N–H and O–H groups in total. The molecule has 0 spiro atoms. The molecule has 1 aliphatic rings. The van der Waals surface area contributed by atoms with Crippen molar-refractivity contribution in [3.63, 3.8) is 0 Å². The van der Waals surface area contributed by atoms with E-state index in [2.05, 4.69) is 29.0 Å². The highest BCUT2D eigenvalue weighted by atomic mass is 35.5. The summed E-state index contributed by atoms with van der Waals surface area (Å²) < 4.78 is 0. The molecule has 0 aliphatic carbocycles. The van der Waals surface area contributed by atoms with Crippen molar-refractivity contribution >= 4 is 45.6 Å². The van der Waals surface area contributed by atoms with Crippen molar-refractivity contribution in [3.8, 4) is 0 Å². The van der Waals surface area contributed by atoms with Gasteiger partial charge in [0.15, 0.2) is 5.13 Å². The molecule has 0 radical (unpaired) electrons. The Morgan fingerprint density at radius 1 is 1.39 bits per heavy atom. The number of amides is 1. The summed E-state index contributed by atoms with van der Waals surface area (Å²) in [6, 6.07) is 5.34. The first-order valence-electron chi connectivity index (χ1n) is 7.43. The van der Waals surface area contributed by atoms with Crippen molar-refractivity contribution < 1.29 is 4.79 Å². The number of halogens is 2. The van der Waals surface area contributed by atoms with Crippen LogP contribution >= 0.6 is 34.5 Å². The number of carbonyl (C=O) groups excluding carboxylic acids is 1. The van der Waals surface area contributed by atoms with Crippen LogP contribution in [0.15, 0.2) is 18.2 Å². The summed E-state index contributed by atoms with van der Waals surface area (Å²) in [5.41, 5.74) is 1.48. The van der Waals surface area contributed by atoms with Gasteiger partial charge in [-0.25, -0.2) is 4.98 Å². The van der Waals surface area contributed by atoms with E-state index in [4.69, 9.17) is 23.2 Å². The van der Waals surface area contributed by atoms with E-state index in [0.29, 0.717) is 26.8 Å². The Morgan fingerprint density at radius 2 is 2.17 bits per heavy atom. The van der Waals surface area contributed by atoms with Gasteiger partial charge in [-0.05, 0) is 32.0 Å². The molecule has 1 aromatic heterocycles. The average Bonchev–Trinajstić information content (AvgIpc) is 2.87. The standard InChI is InChI=1S/C16H17Cl2N3OS/c1-9(2)21-6-5-13-14(8-21)23-16(19-13)20-15(22)11-4-3-10(17)7-12(11)18/h3-4,7,9H,5-6,8H2,1-2H3,(H,19,20,22). The first-order chi connectivity index (χ1) is 10.9. The number of nitrogens with zero attached hydrogens (tertiary/aromatic N) is 2. The molecule has 23 heavy (non-hydrogen) atoms. The third-order valence-electron chi connectivity index (χ3n) is 3.89. The van der Waals surface area contributed by atoms with Gasteiger partial charge < -0.3 is 0 Å². The van der Waals surface area contributed by atoms with Gasteiger partial charge in [0.05, 0.1) is 16.3 Å². The summed E-state index contributed by atoms with van der Waals surface area (Å²) in [4.78, 5) is 20.5. The third kappa shape index (κ3) is 3.69. The molecule has 0 atom stereocenters. The van der Waals surface area contributed by atoms with Gasteiger partial charge in [0.1, 0.15) is 0 Å². The molecule has 1 amide bonds. The quantitative estimate of drug-likeness (QED) is 0.867. The van der Waals surface area contributed by atoms with Crippen LogP contribution in [0.2, 0.25) is 10.0 Å². The van der Waals surface area contributed by atoms with Crippen LogP contribution in [-0.4, -0.2) is 28.4 Å². The molecular formula is C16H17Cl2N3OS. The summed E-state index contributed by atoms with van der Waals surface area (Å²) in [6.45, 7) is 6.28. The number of thiazole rings is 1. The van der Waals surface area contributed by atoms with Crippen LogP contribution in [0, 0.1) is 0 Å². The Labute approximate surface area is 149 Å². The smallest absolute Gasteiger partial charge is 0.258 e. The van der Waals surface area contributed by atoms with E-state index in [1.165, 1.54) is 16.2 Å². The van der Waals surface area contributed by atoms with E-state index in [-0.39, 0.29) is 5.91 Å². The maximum atomic E-state index is 12.3. The summed E-state index contributed by atoms with van der Waals surface area (Å²) >= 11 is 13.5. The van der Waals surface area contributed by atoms with Gasteiger partial charge in [-0.1, -0.05) is 23.2 Å². The normalized spacial score (nSPS) is 14.8. The van der Waals surface area contributed by atoms with Crippen molar-refractivity contribution in [2.75, 3.05) is 11.9 Å². The van der Waals surface area contributed by atoms with E-state index in [1.54, 1.807) is 18.2 Å². The number of carbonyl (C=O) groups is 1. The SMILES string of the molecule is CC(C)N1CCc2nc(NC(=O)c3ccc(Cl)cc3Cl)sc2C1. The molecule has 3 rings (SSSR count). The molecule has 2 aromatic rings. The van der Waals surface area contributed by atoms with E-state index < -0.39 is 0 Å². The number of aromatic nitrogens is 1. The van der Waals surface area contributed by atoms with Crippen molar-refractivity contribution in [2.45, 2.75) is 32.9 Å². The fourth-order valence-corrected chi connectivity index (χ4v) is 4.07. The number of rotatable bonds is 3. The molecule has 0 saturated carbocycles. The Morgan fingerprint density at radius 3 is 2.87 bits per heavy atom. The molecule has 7 heteroatoms. The van der Waals surface area contributed by atoms with E-state index in [0.717, 1.165) is 25.2 Å². The number of anilines is 1. The van der Waals surface area contributed by atoms with Crippen LogP contribution in [0.5, 0.6) is 0 Å². The zero-order valence-corrected chi connectivity index (χ0v) is 15.2. The van der Waals surface area contributed by atoms with Gasteiger partial charge in [0.25, 0.3) is 5.91 Å². The molecule has 0 unspecified atom stereocenters. The van der Waals surface area contributed by atoms with E-state index in [9.17, 15) is 4.79 Å². The lowest BCUT2D eigenvalue weighted by atomic mass is 10.1. The third-order valence-corrected chi connectivity index (χ3v) is 5.43. The molecule has 1 aromatic carbocycles. The van der Waals surface area contributed by atoms with Crippen LogP contribution < -0.4 is 5.32 Å². The van der Waals surface area contributed by atoms with Crippen LogP contribution in [0.4, 0.5) is 5.13 Å². The number of hydrogen-bond acceptors (Lipinski definition) is 4. The summed E-state index contributed by atoms with van der Waals surface area (Å²) in [5, 5.41) is 4.30. The van der Waals surface area contributed by atoms with E-state index >= 15 is 0 Å². The van der Waals surface area contributed by atoms with Gasteiger partial charge in [-0.2, -0.15) is 0 Å². The highest BCUT2D eigenvalue weighted by Crippen LogP contribution is 2.30. The van der Waals surface area contributed by atoms with Crippen LogP contribution in [-0.2, 0) is 13.0 Å². The van der Waals surface area contributed by atoms with Gasteiger partial charge in [-0.15, -0.1) is 11.3 Å². The largest absolute Gasteiger partial charge is 0.298 e. The zero-order valence-electron chi connectivity index (χ0n) is 12.9. The second-order valence-corrected chi connectivity index (χ2v) is 7.71. The maximum absolute atomic E-state index is 12.3. The van der Waals surface area contributed by atoms with Crippen molar-refractivity contribution in [2.24, 2.45) is 0 Å². The van der Waals surface area contributed by atoms with Gasteiger partial charge in [0, 0.05) is 35.5 Å². The summed E-state index contributed by atoms with van der Waals surface area (Å²) in [5.74, 6) is -0.265. The molecule has 122 valence electrons. The molecular weight excluding hydrogens is 353 g/mol. The molecule has 1 aliphatic heterocycles. The molecule has 2 heterocycles. The maximum Gasteiger partial charge on any atom is 0.258 e. The number of nitrogens with one attached hydrogen (secondary N) is 1. The number of benzene rings is 1. The topological polar surface area (TPSA) is 45.2 Å². The fourth-order valence-electron chi connectivity index (χ4n) is 2.55. The van der Waals surface area contributed by atoms with Crippen LogP contribution in [0.3, 0.4) is 0 Å². The van der Waals surface area contributed by atoms with Crippen LogP contribution in [0.1, 0.15) is 34.8 Å². The van der Waals surface area contributed by atoms with E-state index in [1.807, 2.05) is 0 Å². The molecule has 0 saturated heterocycles. The lowest BCUT2D eigenvalue weighted by molar-refractivity contribution is 0.102. The van der Waals surface area contributed by atoms with Crippen LogP contribution in [0.25, 0.3) is 0 Å². The second kappa shape index (κ2) is 6.77. The Bertz CT molecular complexity index is 745. The summed E-state index contributed by atoms with van der Waals surface area (Å²) in [6.07, 6.45) is 0.918. The van der Waals surface area contributed by atoms with Gasteiger partial charge in [0.2, 0.25) is 0 Å². The molecule has 4 nitrogen and oxygen atoms in total. The Balaban J connectivity index is 1.75. The zero-order chi connectivity index (χ0) is 16.6. The molecule has 0 fully saturated rings. The van der Waals surface area contributed by atoms with Gasteiger partial charge in [-0.3, -0.25) is 15.0 Å². The fraction of sp³-hybridized carbons (Fsp3) is 0.375. The Hall–Kier alpha value is -1.14. The number of fused-ring (bicyclic) bond motifs is 1. The minimum Gasteiger partial charge on any atom is -0.298 e. The predicted molar refractivity (Wildman–Crippen MR) is 95.8 cm³/mol. The lowest BCUT2D eigenvalue weighted by Crippen LogP contribution is -2.35. The predicted octanol–water partition coefficient (Wildman–Crippen LogP) is 4.47. The monoisotopic (exact) mass is 369 g/mol. The highest BCUT2D eigenvalue weighted by Gasteiger charge is 2.23. The van der Waals surface area contributed by atoms with Crippen molar-refractivity contribution in [1.82, 2.24) is 9.88 Å². The Kier molecular flexibility index (Phi) is 4.92. The number of hydrogen-bond donors (Lipinski definition) is 1. The molecule has 0 bridgehead atoms. The minimum atomic E-state index is -0.265. The average molecular weight is 370 g/mol. The first-order valence-corrected chi connectivity index (χ1v) is 9.00. The highest BCUT2D eigenvalue weighted by molar-refractivity contribution is 7.15. The second-order valence-electron chi connectivity index (χ2n) is 5.78. The van der Waals surface area contributed by atoms with Crippen molar-refractivity contribution in [3.05, 3.63) is 44.4 Å².